The fraction of sp³-hybridized carbons (Fsp3) is 0.143. The van der Waals surface area contributed by atoms with Gasteiger partial charge in [-0.3, -0.25) is 4.57 Å². The van der Waals surface area contributed by atoms with Gasteiger partial charge in [0.15, 0.2) is 0 Å². The molecule has 2 heterocycles. The predicted octanol–water partition coefficient (Wildman–Crippen LogP) is 1.78. The van der Waals surface area contributed by atoms with Crippen molar-refractivity contribution in [1.82, 2.24) is 4.57 Å². The molecule has 102 valence electrons. The van der Waals surface area contributed by atoms with E-state index in [0.717, 1.165) is 11.3 Å². The molecule has 0 aliphatic carbocycles. The minimum atomic E-state index is -0.485. The Morgan fingerprint density at radius 2 is 2.20 bits per heavy atom. The zero-order chi connectivity index (χ0) is 14.3. The quantitative estimate of drug-likeness (QED) is 0.422. The summed E-state index contributed by atoms with van der Waals surface area (Å²) in [7, 11) is 0. The number of benzene rings is 1. The monoisotopic (exact) mass is 271 g/mol. The number of carbonyl (C=O) groups is 1. The van der Waals surface area contributed by atoms with Crippen molar-refractivity contribution < 1.29 is 14.7 Å². The van der Waals surface area contributed by atoms with Crippen LogP contribution >= 0.6 is 0 Å². The van der Waals surface area contributed by atoms with Gasteiger partial charge in [-0.25, -0.2) is 4.79 Å². The molecule has 0 saturated heterocycles. The van der Waals surface area contributed by atoms with Crippen molar-refractivity contribution in [2.24, 2.45) is 5.16 Å². The van der Waals surface area contributed by atoms with Gasteiger partial charge in [0.1, 0.15) is 17.1 Å². The number of hydrogen-bond acceptors (Lipinski definition) is 5. The molecule has 1 aromatic carbocycles. The molecule has 1 aromatic heterocycles. The van der Waals surface area contributed by atoms with Crippen LogP contribution in [0.5, 0.6) is 0 Å². The molecule has 20 heavy (non-hydrogen) atoms. The number of nitrogen functional groups attached to an aromatic ring is 1. The predicted molar refractivity (Wildman–Crippen MR) is 73.6 cm³/mol. The number of ether oxygens (including phenoxy) is 1. The Labute approximate surface area is 115 Å². The number of esters is 1. The molecule has 0 atom stereocenters. The van der Waals surface area contributed by atoms with E-state index in [2.05, 4.69) is 5.16 Å². The molecule has 3 rings (SSSR count). The van der Waals surface area contributed by atoms with Gasteiger partial charge in [0.25, 0.3) is 0 Å². The summed E-state index contributed by atoms with van der Waals surface area (Å²) in [6, 6.07) is 8.97. The third-order valence-corrected chi connectivity index (χ3v) is 3.28. The summed E-state index contributed by atoms with van der Waals surface area (Å²) in [4.78, 5) is 11.9. The molecule has 6 nitrogen and oxygen atoms in total. The van der Waals surface area contributed by atoms with Gasteiger partial charge in [-0.1, -0.05) is 23.4 Å². The fourth-order valence-corrected chi connectivity index (χ4v) is 2.44. The normalized spacial score (nSPS) is 14.2. The van der Waals surface area contributed by atoms with E-state index >= 15 is 0 Å². The number of nitrogens with zero attached hydrogens (tertiary/aromatic N) is 2. The second-order valence-corrected chi connectivity index (χ2v) is 4.35. The molecular weight excluding hydrogens is 258 g/mol. The van der Waals surface area contributed by atoms with E-state index < -0.39 is 5.97 Å². The number of rotatable bonds is 2. The highest BCUT2D eigenvalue weighted by Crippen LogP contribution is 2.34. The number of para-hydroxylation sites is 1. The SMILES string of the molecule is CCOC(=O)c1cc2n(c1N)-c1ccccc1/C2=N\O. The van der Waals surface area contributed by atoms with Gasteiger partial charge < -0.3 is 15.7 Å². The molecule has 0 amide bonds. The van der Waals surface area contributed by atoms with Crippen molar-refractivity contribution in [3.8, 4) is 5.69 Å². The van der Waals surface area contributed by atoms with E-state index in [9.17, 15) is 10.0 Å². The number of nitrogens with two attached hydrogens (primary N) is 1. The second-order valence-electron chi connectivity index (χ2n) is 4.35. The minimum Gasteiger partial charge on any atom is -0.462 e. The van der Waals surface area contributed by atoms with Crippen LogP contribution < -0.4 is 5.73 Å². The van der Waals surface area contributed by atoms with Crippen LogP contribution in [0.2, 0.25) is 0 Å². The number of oxime groups is 1. The zero-order valence-corrected chi connectivity index (χ0v) is 10.8. The van der Waals surface area contributed by atoms with Crippen molar-refractivity contribution in [3.63, 3.8) is 0 Å². The topological polar surface area (TPSA) is 89.8 Å². The van der Waals surface area contributed by atoms with Gasteiger partial charge >= 0.3 is 5.97 Å². The van der Waals surface area contributed by atoms with E-state index in [1.54, 1.807) is 17.6 Å². The third kappa shape index (κ3) is 1.51. The Morgan fingerprint density at radius 3 is 2.90 bits per heavy atom. The maximum atomic E-state index is 11.9. The molecule has 6 heteroatoms. The minimum absolute atomic E-state index is 0.274. The summed E-state index contributed by atoms with van der Waals surface area (Å²) >= 11 is 0. The van der Waals surface area contributed by atoms with Crippen LogP contribution in [-0.2, 0) is 4.74 Å². The third-order valence-electron chi connectivity index (χ3n) is 3.28. The van der Waals surface area contributed by atoms with Crippen molar-refractivity contribution in [2.45, 2.75) is 6.92 Å². The number of anilines is 1. The average Bonchev–Trinajstić information content (AvgIpc) is 2.94. The van der Waals surface area contributed by atoms with Gasteiger partial charge in [-0.05, 0) is 19.1 Å². The number of hydrogen-bond donors (Lipinski definition) is 2. The Morgan fingerprint density at radius 1 is 1.45 bits per heavy atom. The van der Waals surface area contributed by atoms with Crippen molar-refractivity contribution in [3.05, 3.63) is 47.2 Å². The maximum Gasteiger partial charge on any atom is 0.341 e. The first-order chi connectivity index (χ1) is 9.69. The van der Waals surface area contributed by atoms with Crippen LogP contribution in [0.4, 0.5) is 5.82 Å². The van der Waals surface area contributed by atoms with E-state index in [4.69, 9.17) is 10.5 Å². The largest absolute Gasteiger partial charge is 0.462 e. The Bertz CT molecular complexity index is 731. The highest BCUT2D eigenvalue weighted by Gasteiger charge is 2.31. The molecule has 1 aliphatic rings. The Kier molecular flexibility index (Phi) is 2.71. The van der Waals surface area contributed by atoms with Gasteiger partial charge in [0.05, 0.1) is 18.0 Å². The van der Waals surface area contributed by atoms with Crippen molar-refractivity contribution in [2.75, 3.05) is 12.3 Å². The summed E-state index contributed by atoms with van der Waals surface area (Å²) in [5.74, 6) is -0.203. The first kappa shape index (κ1) is 12.3. The summed E-state index contributed by atoms with van der Waals surface area (Å²) in [6.07, 6.45) is 0. The molecule has 0 radical (unpaired) electrons. The van der Waals surface area contributed by atoms with Gasteiger partial charge in [-0.15, -0.1) is 0 Å². The molecule has 0 unspecified atom stereocenters. The fourth-order valence-electron chi connectivity index (χ4n) is 2.44. The lowest BCUT2D eigenvalue weighted by Gasteiger charge is -2.06. The molecular formula is C14H13N3O3. The highest BCUT2D eigenvalue weighted by atomic mass is 16.5. The maximum absolute atomic E-state index is 11.9. The lowest BCUT2D eigenvalue weighted by molar-refractivity contribution is 0.0528. The first-order valence-electron chi connectivity index (χ1n) is 6.19. The lowest BCUT2D eigenvalue weighted by Crippen LogP contribution is -2.08. The zero-order valence-electron chi connectivity index (χ0n) is 10.8. The van der Waals surface area contributed by atoms with E-state index in [0.29, 0.717) is 11.4 Å². The highest BCUT2D eigenvalue weighted by molar-refractivity contribution is 6.19. The first-order valence-corrected chi connectivity index (χ1v) is 6.19. The van der Waals surface area contributed by atoms with Crippen molar-refractivity contribution >= 4 is 17.5 Å². The van der Waals surface area contributed by atoms with Crippen LogP contribution in [0, 0.1) is 0 Å². The number of fused-ring (bicyclic) bond motifs is 3. The molecule has 0 fully saturated rings. The van der Waals surface area contributed by atoms with Crippen molar-refractivity contribution in [1.29, 1.82) is 0 Å². The summed E-state index contributed by atoms with van der Waals surface area (Å²) < 4.78 is 6.66. The van der Waals surface area contributed by atoms with Gasteiger partial charge in [0, 0.05) is 5.56 Å². The molecule has 1 aliphatic heterocycles. The van der Waals surface area contributed by atoms with E-state index in [-0.39, 0.29) is 18.0 Å². The van der Waals surface area contributed by atoms with Crippen LogP contribution in [0.3, 0.4) is 0 Å². The van der Waals surface area contributed by atoms with Crippen LogP contribution in [-0.4, -0.2) is 28.1 Å². The van der Waals surface area contributed by atoms with Crippen LogP contribution in [0.1, 0.15) is 28.5 Å². The summed E-state index contributed by atoms with van der Waals surface area (Å²) in [5, 5.41) is 12.5. The lowest BCUT2D eigenvalue weighted by atomic mass is 10.1. The van der Waals surface area contributed by atoms with Crippen LogP contribution in [0.25, 0.3) is 5.69 Å². The number of aromatic nitrogens is 1. The Balaban J connectivity index is 2.23. The second kappa shape index (κ2) is 4.41. The van der Waals surface area contributed by atoms with E-state index in [1.165, 1.54) is 0 Å². The van der Waals surface area contributed by atoms with Crippen LogP contribution in [0.15, 0.2) is 35.5 Å². The summed E-state index contributed by atoms with van der Waals surface area (Å²) in [5.41, 5.74) is 8.84. The molecule has 0 saturated carbocycles. The molecule has 2 aromatic rings. The molecule has 0 bridgehead atoms. The van der Waals surface area contributed by atoms with Gasteiger partial charge in [-0.2, -0.15) is 0 Å². The smallest absolute Gasteiger partial charge is 0.341 e. The summed E-state index contributed by atoms with van der Waals surface area (Å²) in [6.45, 7) is 2.00. The Hall–Kier alpha value is -2.76. The van der Waals surface area contributed by atoms with E-state index in [1.807, 2.05) is 24.3 Å². The number of carbonyl (C=O) groups excluding carboxylic acids is 1. The average molecular weight is 271 g/mol. The molecule has 3 N–H and O–H groups in total. The molecule has 0 spiro atoms. The standard InChI is InChI=1S/C14H13N3O3/c1-2-20-14(18)9-7-11-12(16-19)8-5-3-4-6-10(8)17(11)13(9)15/h3-7,19H,2,15H2,1H3/b16-12+. The van der Waals surface area contributed by atoms with Gasteiger partial charge in [0.2, 0.25) is 0 Å².